The van der Waals surface area contributed by atoms with Gasteiger partial charge in [0.2, 0.25) is 0 Å². The molecule has 11 heavy (non-hydrogen) atoms. The molecule has 5 heteroatoms. The molecule has 0 bridgehead atoms. The maximum atomic E-state index is 10.6. The van der Waals surface area contributed by atoms with Crippen LogP contribution in [0, 0.1) is 6.92 Å². The van der Waals surface area contributed by atoms with E-state index in [1.54, 1.807) is 0 Å². The average molecular weight is 176 g/mol. The molecular weight excluding hydrogens is 166 g/mol. The van der Waals surface area contributed by atoms with Crippen molar-refractivity contribution in [1.29, 1.82) is 0 Å². The van der Waals surface area contributed by atoms with E-state index in [1.807, 2.05) is 6.92 Å². The molecule has 0 aliphatic heterocycles. The lowest BCUT2D eigenvalue weighted by molar-refractivity contribution is 0.862. The van der Waals surface area contributed by atoms with Crippen molar-refractivity contribution in [3.63, 3.8) is 0 Å². The number of nitrogens with zero attached hydrogens (tertiary/aromatic N) is 1. The van der Waals surface area contributed by atoms with Crippen LogP contribution >= 0.6 is 12.4 Å². The number of nitrogens with two attached hydrogens (primary N) is 1. The van der Waals surface area contributed by atoms with Crippen LogP contribution < -0.4 is 11.3 Å². The molecule has 0 amide bonds. The lowest BCUT2D eigenvalue weighted by atomic mass is 10.2. The third-order valence-corrected chi connectivity index (χ3v) is 1.30. The number of aryl methyl sites for hydroxylation is 1. The summed E-state index contributed by atoms with van der Waals surface area (Å²) in [6.07, 6.45) is 0. The van der Waals surface area contributed by atoms with Gasteiger partial charge < -0.3 is 5.73 Å². The maximum Gasteiger partial charge on any atom is 0.264 e. The van der Waals surface area contributed by atoms with E-state index < -0.39 is 0 Å². The summed E-state index contributed by atoms with van der Waals surface area (Å²) < 4.78 is 0. The first kappa shape index (κ1) is 10.1. The van der Waals surface area contributed by atoms with Crippen molar-refractivity contribution in [3.8, 4) is 0 Å². The first-order valence-electron chi connectivity index (χ1n) is 2.99. The van der Waals surface area contributed by atoms with Gasteiger partial charge in [-0.25, -0.2) is 5.10 Å². The Morgan fingerprint density at radius 3 is 2.82 bits per heavy atom. The Hall–Kier alpha value is -0.870. The number of H-pyrrole nitrogens is 1. The summed E-state index contributed by atoms with van der Waals surface area (Å²) in [5, 5.41) is 6.04. The van der Waals surface area contributed by atoms with Crippen LogP contribution in [0.3, 0.4) is 0 Å². The van der Waals surface area contributed by atoms with Gasteiger partial charge in [-0.1, -0.05) is 0 Å². The molecule has 3 N–H and O–H groups in total. The monoisotopic (exact) mass is 175 g/mol. The molecule has 0 unspecified atom stereocenters. The largest absolute Gasteiger partial charge is 0.325 e. The van der Waals surface area contributed by atoms with Crippen LogP contribution in [-0.4, -0.2) is 10.2 Å². The van der Waals surface area contributed by atoms with Gasteiger partial charge in [-0.2, -0.15) is 5.10 Å². The number of nitrogens with one attached hydrogen (secondary N) is 1. The van der Waals surface area contributed by atoms with Crippen LogP contribution in [0.4, 0.5) is 0 Å². The quantitative estimate of drug-likeness (QED) is 0.629. The molecule has 62 valence electrons. The summed E-state index contributed by atoms with van der Waals surface area (Å²) >= 11 is 0. The SMILES string of the molecule is Cc1cc(=O)[nH]nc1CN.Cl. The first-order valence-corrected chi connectivity index (χ1v) is 2.99. The van der Waals surface area contributed by atoms with Crippen molar-refractivity contribution in [2.75, 3.05) is 0 Å². The fourth-order valence-electron chi connectivity index (χ4n) is 0.730. The Morgan fingerprint density at radius 2 is 2.36 bits per heavy atom. The van der Waals surface area contributed by atoms with Gasteiger partial charge in [0.25, 0.3) is 5.56 Å². The normalized spacial score (nSPS) is 8.91. The van der Waals surface area contributed by atoms with Crippen LogP contribution in [-0.2, 0) is 6.54 Å². The summed E-state index contributed by atoms with van der Waals surface area (Å²) in [4.78, 5) is 10.6. The fraction of sp³-hybridized carbons (Fsp3) is 0.333. The van der Waals surface area contributed by atoms with E-state index in [4.69, 9.17) is 5.73 Å². The van der Waals surface area contributed by atoms with E-state index in [0.29, 0.717) is 6.54 Å². The van der Waals surface area contributed by atoms with E-state index in [1.165, 1.54) is 6.07 Å². The third-order valence-electron chi connectivity index (χ3n) is 1.30. The summed E-state index contributed by atoms with van der Waals surface area (Å²) in [5.74, 6) is 0. The molecule has 0 fully saturated rings. The molecular formula is C6H10ClN3O. The second-order valence-corrected chi connectivity index (χ2v) is 2.07. The zero-order valence-corrected chi connectivity index (χ0v) is 6.94. The molecule has 1 heterocycles. The third kappa shape index (κ3) is 2.32. The number of aromatic amines is 1. The molecule has 0 spiro atoms. The van der Waals surface area contributed by atoms with Gasteiger partial charge in [-0.15, -0.1) is 12.4 Å². The molecule has 4 nitrogen and oxygen atoms in total. The van der Waals surface area contributed by atoms with E-state index in [9.17, 15) is 4.79 Å². The Bertz CT molecular complexity index is 283. The van der Waals surface area contributed by atoms with E-state index >= 15 is 0 Å². The Morgan fingerprint density at radius 1 is 1.73 bits per heavy atom. The molecule has 0 atom stereocenters. The lowest BCUT2D eigenvalue weighted by Crippen LogP contribution is -2.12. The van der Waals surface area contributed by atoms with Crippen LogP contribution in [0.5, 0.6) is 0 Å². The molecule has 0 saturated heterocycles. The molecule has 0 aromatic carbocycles. The van der Waals surface area contributed by atoms with E-state index in [-0.39, 0.29) is 18.0 Å². The standard InChI is InChI=1S/C6H9N3O.ClH/c1-4-2-6(10)9-8-5(4)3-7;/h2H,3,7H2,1H3,(H,9,10);1H. The predicted molar refractivity (Wildman–Crippen MR) is 44.7 cm³/mol. The van der Waals surface area contributed by atoms with Crippen LogP contribution in [0.15, 0.2) is 10.9 Å². The lowest BCUT2D eigenvalue weighted by Gasteiger charge is -1.96. The first-order chi connectivity index (χ1) is 4.74. The zero-order chi connectivity index (χ0) is 7.56. The van der Waals surface area contributed by atoms with Crippen LogP contribution in [0.25, 0.3) is 0 Å². The minimum absolute atomic E-state index is 0. The molecule has 0 aliphatic rings. The van der Waals surface area contributed by atoms with Gasteiger partial charge in [0, 0.05) is 12.6 Å². The van der Waals surface area contributed by atoms with Crippen molar-refractivity contribution in [2.24, 2.45) is 5.73 Å². The highest BCUT2D eigenvalue weighted by Crippen LogP contribution is 1.95. The molecule has 1 aromatic rings. The van der Waals surface area contributed by atoms with Gasteiger partial charge in [0.05, 0.1) is 5.69 Å². The van der Waals surface area contributed by atoms with Crippen LogP contribution in [0.2, 0.25) is 0 Å². The highest BCUT2D eigenvalue weighted by molar-refractivity contribution is 5.85. The second-order valence-electron chi connectivity index (χ2n) is 2.07. The van der Waals surface area contributed by atoms with Crippen molar-refractivity contribution in [1.82, 2.24) is 10.2 Å². The number of halogens is 1. The highest BCUT2D eigenvalue weighted by atomic mass is 35.5. The summed E-state index contributed by atoms with van der Waals surface area (Å²) in [6, 6.07) is 1.48. The van der Waals surface area contributed by atoms with Gasteiger partial charge in [-0.05, 0) is 12.5 Å². The number of hydrogen-bond donors (Lipinski definition) is 2. The molecule has 1 aromatic heterocycles. The Balaban J connectivity index is 0.000001000. The van der Waals surface area contributed by atoms with Crippen molar-refractivity contribution < 1.29 is 0 Å². The Labute approximate surface area is 70.2 Å². The molecule has 0 radical (unpaired) electrons. The molecule has 0 saturated carbocycles. The van der Waals surface area contributed by atoms with Gasteiger partial charge >= 0.3 is 0 Å². The second kappa shape index (κ2) is 4.10. The molecule has 0 aliphatic carbocycles. The highest BCUT2D eigenvalue weighted by Gasteiger charge is 1.95. The predicted octanol–water partition coefficient (Wildman–Crippen LogP) is -0.0412. The summed E-state index contributed by atoms with van der Waals surface area (Å²) in [7, 11) is 0. The van der Waals surface area contributed by atoms with Crippen LogP contribution in [0.1, 0.15) is 11.3 Å². The van der Waals surface area contributed by atoms with Crippen molar-refractivity contribution >= 4 is 12.4 Å². The average Bonchev–Trinajstić information content (AvgIpc) is 1.88. The van der Waals surface area contributed by atoms with Crippen molar-refractivity contribution in [2.45, 2.75) is 13.5 Å². The number of aromatic nitrogens is 2. The fourth-order valence-corrected chi connectivity index (χ4v) is 0.730. The minimum Gasteiger partial charge on any atom is -0.325 e. The Kier molecular flexibility index (Phi) is 3.78. The number of hydrogen-bond acceptors (Lipinski definition) is 3. The van der Waals surface area contributed by atoms with E-state index in [0.717, 1.165) is 11.3 Å². The number of rotatable bonds is 1. The zero-order valence-electron chi connectivity index (χ0n) is 6.13. The van der Waals surface area contributed by atoms with Gasteiger partial charge in [-0.3, -0.25) is 4.79 Å². The molecule has 1 rings (SSSR count). The van der Waals surface area contributed by atoms with Crippen molar-refractivity contribution in [3.05, 3.63) is 27.7 Å². The maximum absolute atomic E-state index is 10.6. The topological polar surface area (TPSA) is 71.8 Å². The minimum atomic E-state index is -0.185. The summed E-state index contributed by atoms with van der Waals surface area (Å²) in [5.41, 5.74) is 6.71. The smallest absolute Gasteiger partial charge is 0.264 e. The summed E-state index contributed by atoms with van der Waals surface area (Å²) in [6.45, 7) is 2.17. The van der Waals surface area contributed by atoms with E-state index in [2.05, 4.69) is 10.2 Å². The van der Waals surface area contributed by atoms with Gasteiger partial charge in [0.15, 0.2) is 0 Å². The van der Waals surface area contributed by atoms with Gasteiger partial charge in [0.1, 0.15) is 0 Å².